The van der Waals surface area contributed by atoms with Crippen LogP contribution in [0.4, 0.5) is 0 Å². The SMILES string of the molecule is CCN(CC)CCCCCOc1ccc2c(c1)oc(=O)c1cc(OC)ccc12. The maximum atomic E-state index is 12.3. The molecule has 5 nitrogen and oxygen atoms in total. The van der Waals surface area contributed by atoms with E-state index in [9.17, 15) is 4.79 Å². The Bertz CT molecular complexity index is 975. The summed E-state index contributed by atoms with van der Waals surface area (Å²) < 4.78 is 16.6. The summed E-state index contributed by atoms with van der Waals surface area (Å²) in [5, 5.41) is 2.27. The molecule has 150 valence electrons. The molecule has 0 aliphatic heterocycles. The van der Waals surface area contributed by atoms with E-state index in [0.717, 1.165) is 49.0 Å². The molecule has 0 aliphatic carbocycles. The molecule has 0 fully saturated rings. The van der Waals surface area contributed by atoms with Crippen LogP contribution in [0.25, 0.3) is 21.7 Å². The standard InChI is InChI=1S/C23H29NO4/c1-4-24(5-2)13-7-6-8-14-27-18-10-12-20-19-11-9-17(26-3)15-21(19)23(25)28-22(20)16-18/h9-12,15-16H,4-8,13-14H2,1-3H3. The van der Waals surface area contributed by atoms with Gasteiger partial charge in [0.25, 0.3) is 0 Å². The fourth-order valence-electron chi connectivity index (χ4n) is 3.45. The first kappa shape index (κ1) is 20.2. The topological polar surface area (TPSA) is 51.9 Å². The number of fused-ring (bicyclic) bond motifs is 3. The van der Waals surface area contributed by atoms with E-state index in [1.54, 1.807) is 19.2 Å². The van der Waals surface area contributed by atoms with Crippen molar-refractivity contribution in [2.24, 2.45) is 0 Å². The van der Waals surface area contributed by atoms with Gasteiger partial charge in [0.1, 0.15) is 17.1 Å². The van der Waals surface area contributed by atoms with Crippen molar-refractivity contribution in [2.45, 2.75) is 33.1 Å². The number of ether oxygens (including phenoxy) is 2. The summed E-state index contributed by atoms with van der Waals surface area (Å²) in [6, 6.07) is 11.1. The zero-order valence-electron chi connectivity index (χ0n) is 17.0. The summed E-state index contributed by atoms with van der Waals surface area (Å²) >= 11 is 0. The molecule has 0 amide bonds. The van der Waals surface area contributed by atoms with Gasteiger partial charge in [-0.05, 0) is 69.2 Å². The smallest absolute Gasteiger partial charge is 0.344 e. The van der Waals surface area contributed by atoms with Crippen molar-refractivity contribution in [3.63, 3.8) is 0 Å². The molecule has 0 saturated heterocycles. The quantitative estimate of drug-likeness (QED) is 0.285. The molecule has 2 aromatic carbocycles. The third kappa shape index (κ3) is 4.65. The van der Waals surface area contributed by atoms with Crippen LogP contribution in [0.3, 0.4) is 0 Å². The number of methoxy groups -OCH3 is 1. The highest BCUT2D eigenvalue weighted by atomic mass is 16.5. The Morgan fingerprint density at radius 2 is 1.64 bits per heavy atom. The first-order valence-electron chi connectivity index (χ1n) is 10.1. The summed E-state index contributed by atoms with van der Waals surface area (Å²) in [7, 11) is 1.58. The average molecular weight is 383 g/mol. The van der Waals surface area contributed by atoms with Gasteiger partial charge in [0.2, 0.25) is 0 Å². The second kappa shape index (κ2) is 9.60. The van der Waals surface area contributed by atoms with Crippen LogP contribution in [-0.4, -0.2) is 38.3 Å². The zero-order valence-corrected chi connectivity index (χ0v) is 17.0. The molecule has 3 aromatic rings. The predicted molar refractivity (Wildman–Crippen MR) is 114 cm³/mol. The monoisotopic (exact) mass is 383 g/mol. The van der Waals surface area contributed by atoms with Gasteiger partial charge in [0.15, 0.2) is 0 Å². The molecular formula is C23H29NO4. The maximum absolute atomic E-state index is 12.3. The van der Waals surface area contributed by atoms with E-state index in [0.29, 0.717) is 23.3 Å². The summed E-state index contributed by atoms with van der Waals surface area (Å²) in [6.45, 7) is 8.42. The van der Waals surface area contributed by atoms with Crippen molar-refractivity contribution in [3.8, 4) is 11.5 Å². The summed E-state index contributed by atoms with van der Waals surface area (Å²) in [5.41, 5.74) is 0.177. The van der Waals surface area contributed by atoms with Crippen molar-refractivity contribution < 1.29 is 13.9 Å². The van der Waals surface area contributed by atoms with Crippen LogP contribution in [-0.2, 0) is 0 Å². The molecule has 0 bridgehead atoms. The number of benzene rings is 2. The number of hydrogen-bond donors (Lipinski definition) is 0. The lowest BCUT2D eigenvalue weighted by Crippen LogP contribution is -2.23. The van der Waals surface area contributed by atoms with Gasteiger partial charge < -0.3 is 18.8 Å². The fraction of sp³-hybridized carbons (Fsp3) is 0.435. The molecule has 28 heavy (non-hydrogen) atoms. The minimum atomic E-state index is -0.366. The van der Waals surface area contributed by atoms with Crippen molar-refractivity contribution in [1.82, 2.24) is 4.90 Å². The van der Waals surface area contributed by atoms with E-state index in [1.807, 2.05) is 24.3 Å². The molecule has 1 aromatic heterocycles. The minimum absolute atomic E-state index is 0.366. The van der Waals surface area contributed by atoms with Gasteiger partial charge in [-0.15, -0.1) is 0 Å². The normalized spacial score (nSPS) is 11.4. The molecule has 0 atom stereocenters. The second-order valence-electron chi connectivity index (χ2n) is 6.90. The van der Waals surface area contributed by atoms with Crippen LogP contribution in [0.2, 0.25) is 0 Å². The summed E-state index contributed by atoms with van der Waals surface area (Å²) in [6.07, 6.45) is 3.35. The van der Waals surface area contributed by atoms with Gasteiger partial charge in [0, 0.05) is 16.8 Å². The van der Waals surface area contributed by atoms with E-state index in [2.05, 4.69) is 18.7 Å². The van der Waals surface area contributed by atoms with Gasteiger partial charge in [-0.3, -0.25) is 0 Å². The first-order chi connectivity index (χ1) is 13.7. The van der Waals surface area contributed by atoms with Crippen LogP contribution < -0.4 is 15.1 Å². The molecule has 3 rings (SSSR count). The van der Waals surface area contributed by atoms with Crippen LogP contribution in [0.15, 0.2) is 45.6 Å². The lowest BCUT2D eigenvalue weighted by molar-refractivity contribution is 0.277. The molecule has 0 saturated carbocycles. The Balaban J connectivity index is 1.64. The molecule has 0 unspecified atom stereocenters. The summed E-state index contributed by atoms with van der Waals surface area (Å²) in [4.78, 5) is 14.8. The van der Waals surface area contributed by atoms with Gasteiger partial charge >= 0.3 is 5.63 Å². The summed E-state index contributed by atoms with van der Waals surface area (Å²) in [5.74, 6) is 1.37. The number of rotatable bonds is 10. The van der Waals surface area contributed by atoms with E-state index in [4.69, 9.17) is 13.9 Å². The highest BCUT2D eigenvalue weighted by Crippen LogP contribution is 2.28. The van der Waals surface area contributed by atoms with Crippen molar-refractivity contribution in [1.29, 1.82) is 0 Å². The Hall–Kier alpha value is -2.53. The maximum Gasteiger partial charge on any atom is 0.344 e. The molecule has 1 heterocycles. The van der Waals surface area contributed by atoms with Crippen molar-refractivity contribution in [2.75, 3.05) is 33.4 Å². The molecular weight excluding hydrogens is 354 g/mol. The van der Waals surface area contributed by atoms with E-state index >= 15 is 0 Å². The van der Waals surface area contributed by atoms with Gasteiger partial charge in [-0.1, -0.05) is 13.8 Å². The Kier molecular flexibility index (Phi) is 6.93. The van der Waals surface area contributed by atoms with E-state index in [-0.39, 0.29) is 5.63 Å². The molecule has 0 N–H and O–H groups in total. The zero-order chi connectivity index (χ0) is 19.9. The third-order valence-corrected chi connectivity index (χ3v) is 5.17. The Morgan fingerprint density at radius 3 is 2.39 bits per heavy atom. The van der Waals surface area contributed by atoms with Crippen LogP contribution in [0, 0.1) is 0 Å². The number of unbranched alkanes of at least 4 members (excludes halogenated alkanes) is 2. The Labute approximate surface area is 165 Å². The second-order valence-corrected chi connectivity index (χ2v) is 6.90. The predicted octanol–water partition coefficient (Wildman–Crippen LogP) is 4.85. The van der Waals surface area contributed by atoms with E-state index in [1.165, 1.54) is 6.42 Å². The molecule has 0 spiro atoms. The lowest BCUT2D eigenvalue weighted by atomic mass is 10.1. The molecule has 5 heteroatoms. The van der Waals surface area contributed by atoms with Gasteiger partial charge in [-0.25, -0.2) is 4.79 Å². The largest absolute Gasteiger partial charge is 0.497 e. The first-order valence-corrected chi connectivity index (χ1v) is 10.1. The van der Waals surface area contributed by atoms with Gasteiger partial charge in [-0.2, -0.15) is 0 Å². The van der Waals surface area contributed by atoms with E-state index < -0.39 is 0 Å². The highest BCUT2D eigenvalue weighted by Gasteiger charge is 2.09. The number of nitrogens with zero attached hydrogens (tertiary/aromatic N) is 1. The fourth-order valence-corrected chi connectivity index (χ4v) is 3.45. The van der Waals surface area contributed by atoms with Crippen molar-refractivity contribution in [3.05, 3.63) is 46.8 Å². The average Bonchev–Trinajstić information content (AvgIpc) is 2.73. The van der Waals surface area contributed by atoms with Gasteiger partial charge in [0.05, 0.1) is 19.1 Å². The third-order valence-electron chi connectivity index (χ3n) is 5.17. The van der Waals surface area contributed by atoms with Crippen LogP contribution in [0.1, 0.15) is 33.1 Å². The highest BCUT2D eigenvalue weighted by molar-refractivity contribution is 6.04. The Morgan fingerprint density at radius 1 is 0.893 bits per heavy atom. The minimum Gasteiger partial charge on any atom is -0.497 e. The molecule has 0 aliphatic rings. The van der Waals surface area contributed by atoms with Crippen LogP contribution >= 0.6 is 0 Å². The number of hydrogen-bond acceptors (Lipinski definition) is 5. The van der Waals surface area contributed by atoms with Crippen molar-refractivity contribution >= 4 is 21.7 Å². The molecule has 0 radical (unpaired) electrons. The van der Waals surface area contributed by atoms with Crippen LogP contribution in [0.5, 0.6) is 11.5 Å². The lowest BCUT2D eigenvalue weighted by Gasteiger charge is -2.17.